The highest BCUT2D eigenvalue weighted by Crippen LogP contribution is 2.18. The van der Waals surface area contributed by atoms with Crippen molar-refractivity contribution in [2.24, 2.45) is 0 Å². The summed E-state index contributed by atoms with van der Waals surface area (Å²) in [4.78, 5) is 11.3. The fourth-order valence-corrected chi connectivity index (χ4v) is 1.61. The molecule has 5 heteroatoms. The molecule has 0 heterocycles. The number of halogens is 2. The van der Waals surface area contributed by atoms with E-state index < -0.39 is 13.1 Å². The Morgan fingerprint density at radius 2 is 2.07 bits per heavy atom. The molecule has 0 N–H and O–H groups in total. The van der Waals surface area contributed by atoms with Crippen LogP contribution >= 0.6 is 27.5 Å². The molecule has 83 valence electrons. The second-order valence-electron chi connectivity index (χ2n) is 3.94. The van der Waals surface area contributed by atoms with Gasteiger partial charge in [0, 0.05) is 5.00 Å². The van der Waals surface area contributed by atoms with Gasteiger partial charge in [0.25, 0.3) is 0 Å². The van der Waals surface area contributed by atoms with Crippen molar-refractivity contribution >= 4 is 42.3 Å². The molecule has 0 aliphatic heterocycles. The first-order valence-corrected chi connectivity index (χ1v) is 8.36. The quantitative estimate of drug-likeness (QED) is 0.443. The number of ether oxygens (including phenoxy) is 1. The number of carbonyl (C=O) groups excluding carboxylic acids is 1. The number of carbonyl (C=O) groups is 1. The smallest absolute Gasteiger partial charge is 0.322 e. The SMILES string of the molecule is C[Si](C)C(Cl)CCOC(=O)C(C)(C)Br. The van der Waals surface area contributed by atoms with E-state index in [2.05, 4.69) is 29.0 Å². The number of alkyl halides is 2. The zero-order valence-corrected chi connectivity index (χ0v) is 12.4. The summed E-state index contributed by atoms with van der Waals surface area (Å²) in [6.07, 6.45) is 0.748. The van der Waals surface area contributed by atoms with Crippen molar-refractivity contribution in [3.63, 3.8) is 0 Å². The number of hydrogen-bond acceptors (Lipinski definition) is 2. The Balaban J connectivity index is 3.71. The van der Waals surface area contributed by atoms with Crippen LogP contribution in [-0.4, -0.2) is 30.7 Å². The summed E-state index contributed by atoms with van der Waals surface area (Å²) in [6, 6.07) is 0. The molecule has 0 aromatic carbocycles. The van der Waals surface area contributed by atoms with Gasteiger partial charge in [0.15, 0.2) is 0 Å². The average molecular weight is 301 g/mol. The van der Waals surface area contributed by atoms with Crippen molar-refractivity contribution in [3.8, 4) is 0 Å². The lowest BCUT2D eigenvalue weighted by molar-refractivity contribution is -0.145. The number of rotatable bonds is 5. The molecule has 0 saturated heterocycles. The largest absolute Gasteiger partial charge is 0.465 e. The Bertz CT molecular complexity index is 192. The van der Waals surface area contributed by atoms with Crippen LogP contribution < -0.4 is 0 Å². The zero-order chi connectivity index (χ0) is 11.4. The van der Waals surface area contributed by atoms with Crippen molar-refractivity contribution in [2.75, 3.05) is 6.61 Å². The molecule has 1 atom stereocenters. The van der Waals surface area contributed by atoms with E-state index in [1.807, 2.05) is 0 Å². The first kappa shape index (κ1) is 14.5. The van der Waals surface area contributed by atoms with Crippen molar-refractivity contribution in [3.05, 3.63) is 0 Å². The first-order valence-electron chi connectivity index (χ1n) is 4.55. The third-order valence-electron chi connectivity index (χ3n) is 1.72. The van der Waals surface area contributed by atoms with Gasteiger partial charge in [-0.2, -0.15) is 0 Å². The van der Waals surface area contributed by atoms with Crippen LogP contribution in [0.15, 0.2) is 0 Å². The van der Waals surface area contributed by atoms with Gasteiger partial charge in [-0.1, -0.05) is 29.0 Å². The lowest BCUT2D eigenvalue weighted by Gasteiger charge is -2.16. The summed E-state index contributed by atoms with van der Waals surface area (Å²) >= 11 is 9.29. The highest BCUT2D eigenvalue weighted by Gasteiger charge is 2.25. The molecule has 0 rings (SSSR count). The molecule has 2 nitrogen and oxygen atoms in total. The van der Waals surface area contributed by atoms with Crippen molar-refractivity contribution in [2.45, 2.75) is 42.7 Å². The third-order valence-corrected chi connectivity index (χ3v) is 5.11. The van der Waals surface area contributed by atoms with E-state index in [9.17, 15) is 4.79 Å². The predicted molar refractivity (Wildman–Crippen MR) is 65.7 cm³/mol. The lowest BCUT2D eigenvalue weighted by Crippen LogP contribution is -2.28. The third kappa shape index (κ3) is 6.04. The van der Waals surface area contributed by atoms with E-state index >= 15 is 0 Å². The Morgan fingerprint density at radius 1 is 1.57 bits per heavy atom. The van der Waals surface area contributed by atoms with Gasteiger partial charge in [-0.3, -0.25) is 4.79 Å². The van der Waals surface area contributed by atoms with E-state index in [-0.39, 0.29) is 11.0 Å². The van der Waals surface area contributed by atoms with E-state index in [1.54, 1.807) is 13.8 Å². The summed E-state index contributed by atoms with van der Waals surface area (Å²) in [7, 11) is -0.483. The molecule has 0 fully saturated rings. The highest BCUT2D eigenvalue weighted by molar-refractivity contribution is 9.10. The second kappa shape index (κ2) is 6.13. The molecular formula is C9H17BrClO2Si. The minimum absolute atomic E-state index is 0.172. The van der Waals surface area contributed by atoms with E-state index in [0.717, 1.165) is 6.42 Å². The summed E-state index contributed by atoms with van der Waals surface area (Å²) in [5, 5.41) is 0.172. The summed E-state index contributed by atoms with van der Waals surface area (Å²) in [6.45, 7) is 8.25. The Labute approximate surface area is 101 Å². The van der Waals surface area contributed by atoms with Crippen LogP contribution in [0, 0.1) is 0 Å². The number of esters is 1. The second-order valence-corrected chi connectivity index (χ2v) is 9.67. The van der Waals surface area contributed by atoms with Crippen LogP contribution in [0.5, 0.6) is 0 Å². The van der Waals surface area contributed by atoms with Crippen LogP contribution in [0.1, 0.15) is 20.3 Å². The minimum atomic E-state index is -0.596. The maximum Gasteiger partial charge on any atom is 0.322 e. The van der Waals surface area contributed by atoms with Crippen LogP contribution in [0.25, 0.3) is 0 Å². The van der Waals surface area contributed by atoms with Gasteiger partial charge >= 0.3 is 5.97 Å². The van der Waals surface area contributed by atoms with Gasteiger partial charge in [0.05, 0.1) is 15.4 Å². The maximum atomic E-state index is 11.3. The lowest BCUT2D eigenvalue weighted by atomic mass is 10.2. The Kier molecular flexibility index (Phi) is 6.33. The maximum absolute atomic E-state index is 11.3. The fraction of sp³-hybridized carbons (Fsp3) is 0.889. The highest BCUT2D eigenvalue weighted by atomic mass is 79.9. The van der Waals surface area contributed by atoms with Crippen LogP contribution in [0.2, 0.25) is 13.1 Å². The van der Waals surface area contributed by atoms with Gasteiger partial charge in [-0.25, -0.2) is 0 Å². The molecule has 0 saturated carbocycles. The fourth-order valence-electron chi connectivity index (χ4n) is 0.715. The molecule has 0 aliphatic carbocycles. The monoisotopic (exact) mass is 299 g/mol. The normalized spacial score (nSPS) is 14.2. The molecular weight excluding hydrogens is 284 g/mol. The molecule has 0 aliphatic rings. The van der Waals surface area contributed by atoms with Crippen molar-refractivity contribution in [1.29, 1.82) is 0 Å². The molecule has 1 radical (unpaired) electrons. The number of hydrogen-bond donors (Lipinski definition) is 0. The van der Waals surface area contributed by atoms with Crippen LogP contribution in [-0.2, 0) is 9.53 Å². The van der Waals surface area contributed by atoms with Gasteiger partial charge in [-0.15, -0.1) is 11.6 Å². The average Bonchev–Trinajstić information content (AvgIpc) is 2.01. The Morgan fingerprint density at radius 3 is 2.43 bits per heavy atom. The molecule has 0 aromatic heterocycles. The topological polar surface area (TPSA) is 26.3 Å². The van der Waals surface area contributed by atoms with E-state index in [1.165, 1.54) is 0 Å². The summed E-state index contributed by atoms with van der Waals surface area (Å²) < 4.78 is 4.48. The summed E-state index contributed by atoms with van der Waals surface area (Å²) in [5.41, 5.74) is 0. The minimum Gasteiger partial charge on any atom is -0.465 e. The van der Waals surface area contributed by atoms with Gasteiger partial charge in [0.2, 0.25) is 0 Å². The molecule has 0 spiro atoms. The van der Waals surface area contributed by atoms with Crippen molar-refractivity contribution in [1.82, 2.24) is 0 Å². The molecule has 0 aromatic rings. The molecule has 14 heavy (non-hydrogen) atoms. The van der Waals surface area contributed by atoms with E-state index in [0.29, 0.717) is 6.61 Å². The van der Waals surface area contributed by atoms with Gasteiger partial charge in [0.1, 0.15) is 4.32 Å². The van der Waals surface area contributed by atoms with Gasteiger partial charge < -0.3 is 4.74 Å². The molecule has 1 unspecified atom stereocenters. The first-order chi connectivity index (χ1) is 6.25. The zero-order valence-electron chi connectivity index (χ0n) is 9.06. The standard InChI is InChI=1S/C9H17BrClO2Si/c1-9(2,10)8(12)13-6-5-7(11)14(3)4/h7H,5-6H2,1-4H3. The molecule has 0 bridgehead atoms. The van der Waals surface area contributed by atoms with Crippen molar-refractivity contribution < 1.29 is 9.53 Å². The Hall–Kier alpha value is 0.457. The molecule has 0 amide bonds. The van der Waals surface area contributed by atoms with E-state index in [4.69, 9.17) is 16.3 Å². The van der Waals surface area contributed by atoms with Crippen LogP contribution in [0.3, 0.4) is 0 Å². The predicted octanol–water partition coefficient (Wildman–Crippen LogP) is 2.99. The van der Waals surface area contributed by atoms with Gasteiger partial charge in [-0.05, 0) is 20.3 Å². The summed E-state index contributed by atoms with van der Waals surface area (Å²) in [5.74, 6) is -0.234. The van der Waals surface area contributed by atoms with Crippen LogP contribution in [0.4, 0.5) is 0 Å².